The number of aliphatic hydroxyl groups excluding tert-OH is 2. The van der Waals surface area contributed by atoms with Crippen molar-refractivity contribution in [2.75, 3.05) is 39.3 Å². The molecule has 180 valence electrons. The summed E-state index contributed by atoms with van der Waals surface area (Å²) in [6, 6.07) is 11.0. The molecule has 0 radical (unpaired) electrons. The van der Waals surface area contributed by atoms with E-state index in [4.69, 9.17) is 9.47 Å². The Balaban J connectivity index is 1.15. The average Bonchev–Trinajstić information content (AvgIpc) is 3.34. The first-order chi connectivity index (χ1) is 16.3. The van der Waals surface area contributed by atoms with Crippen LogP contribution in [0.25, 0.3) is 0 Å². The summed E-state index contributed by atoms with van der Waals surface area (Å²) in [6.45, 7) is 7.49. The summed E-state index contributed by atoms with van der Waals surface area (Å²) < 4.78 is 11.0. The summed E-state index contributed by atoms with van der Waals surface area (Å²) in [5.74, 6) is -0.767. The number of rotatable bonds is 6. The molecule has 0 saturated carbocycles. The Labute approximate surface area is 198 Å². The van der Waals surface area contributed by atoms with Crippen LogP contribution in [-0.2, 0) is 9.47 Å². The number of benzene rings is 2. The van der Waals surface area contributed by atoms with Crippen LogP contribution in [0.15, 0.2) is 36.4 Å². The highest BCUT2D eigenvalue weighted by molar-refractivity contribution is 5.95. The summed E-state index contributed by atoms with van der Waals surface area (Å²) in [5.41, 5.74) is 4.51. The largest absolute Gasteiger partial charge is 0.451 e. The van der Waals surface area contributed by atoms with Crippen LogP contribution in [0.2, 0.25) is 0 Å². The second-order valence-corrected chi connectivity index (χ2v) is 9.46. The van der Waals surface area contributed by atoms with Gasteiger partial charge in [-0.1, -0.05) is 24.3 Å². The Morgan fingerprint density at radius 2 is 1.15 bits per heavy atom. The lowest BCUT2D eigenvalue weighted by Gasteiger charge is -2.37. The number of nitrogens with zero attached hydrogens (tertiary/aromatic N) is 2. The zero-order valence-electron chi connectivity index (χ0n) is 19.4. The van der Waals surface area contributed by atoms with E-state index in [1.54, 1.807) is 12.1 Å². The molecule has 8 nitrogen and oxygen atoms in total. The first kappa shape index (κ1) is 23.0. The number of carbonyl (C=O) groups excluding carboxylic acids is 2. The first-order valence-corrected chi connectivity index (χ1v) is 11.8. The fourth-order valence-electron chi connectivity index (χ4n) is 5.36. The van der Waals surface area contributed by atoms with Crippen molar-refractivity contribution in [3.05, 3.63) is 69.8 Å². The fourth-order valence-corrected chi connectivity index (χ4v) is 5.36. The lowest BCUT2D eigenvalue weighted by molar-refractivity contribution is -0.0384. The molecule has 1 saturated heterocycles. The van der Waals surface area contributed by atoms with Crippen molar-refractivity contribution in [2.45, 2.75) is 38.3 Å². The van der Waals surface area contributed by atoms with Crippen molar-refractivity contribution in [2.24, 2.45) is 0 Å². The van der Waals surface area contributed by atoms with E-state index in [0.717, 1.165) is 22.3 Å². The van der Waals surface area contributed by atoms with Crippen LogP contribution in [0.3, 0.4) is 0 Å². The van der Waals surface area contributed by atoms with Gasteiger partial charge in [-0.15, -0.1) is 0 Å². The van der Waals surface area contributed by atoms with E-state index in [2.05, 4.69) is 9.80 Å². The number of β-amino-alcohol motifs (C(OH)–C–C–N with tert-alkyl or cyclic N) is 2. The van der Waals surface area contributed by atoms with E-state index in [9.17, 15) is 19.8 Å². The van der Waals surface area contributed by atoms with E-state index in [0.29, 0.717) is 50.4 Å². The van der Waals surface area contributed by atoms with Gasteiger partial charge in [0, 0.05) is 50.4 Å². The van der Waals surface area contributed by atoms with Crippen LogP contribution >= 0.6 is 0 Å². The molecule has 0 spiro atoms. The molecular formula is C26H30N2O6. The normalized spacial score (nSPS) is 24.4. The number of piperazine rings is 1. The van der Waals surface area contributed by atoms with E-state index >= 15 is 0 Å². The molecule has 34 heavy (non-hydrogen) atoms. The number of hydrogen-bond acceptors (Lipinski definition) is 8. The zero-order valence-corrected chi connectivity index (χ0v) is 19.4. The molecule has 2 N–H and O–H groups in total. The van der Waals surface area contributed by atoms with Crippen LogP contribution in [0.4, 0.5) is 0 Å². The minimum Gasteiger partial charge on any atom is -0.451 e. The summed E-state index contributed by atoms with van der Waals surface area (Å²) in [5, 5.41) is 21.7. The number of aryl methyl sites for hydroxylation is 2. The van der Waals surface area contributed by atoms with Crippen LogP contribution in [-0.4, -0.2) is 83.4 Å². The van der Waals surface area contributed by atoms with Crippen LogP contribution < -0.4 is 0 Å². The minimum absolute atomic E-state index is 0.383. The standard InChI is InChI=1S/C26H30N2O6/c1-15-5-3-7-17-21(15)23(33-25(17)31)19(29)13-27-9-11-28(12-10-27)14-20(30)24-22-16(2)6-4-8-18(22)26(32)34-24/h3-8,19-20,23-24,29-30H,9-14H2,1-2H3. The fraction of sp³-hybridized carbons (Fsp3) is 0.462. The highest BCUT2D eigenvalue weighted by Crippen LogP contribution is 2.37. The first-order valence-electron chi connectivity index (χ1n) is 11.8. The van der Waals surface area contributed by atoms with Gasteiger partial charge in [-0.25, -0.2) is 9.59 Å². The summed E-state index contributed by atoms with van der Waals surface area (Å²) >= 11 is 0. The third kappa shape index (κ3) is 4.11. The number of carbonyl (C=O) groups is 2. The van der Waals surface area contributed by atoms with Crippen molar-refractivity contribution in [1.82, 2.24) is 9.80 Å². The molecule has 3 aliphatic heterocycles. The second kappa shape index (κ2) is 9.11. The number of aliphatic hydroxyl groups is 2. The van der Waals surface area contributed by atoms with E-state index in [1.165, 1.54) is 0 Å². The van der Waals surface area contributed by atoms with Gasteiger partial charge in [0.05, 0.1) is 11.1 Å². The average molecular weight is 467 g/mol. The molecule has 0 aliphatic carbocycles. The number of cyclic esters (lactones) is 2. The maximum Gasteiger partial charge on any atom is 0.339 e. The van der Waals surface area contributed by atoms with E-state index in [1.807, 2.05) is 38.1 Å². The van der Waals surface area contributed by atoms with Gasteiger partial charge in [-0.05, 0) is 37.1 Å². The molecular weight excluding hydrogens is 436 g/mol. The van der Waals surface area contributed by atoms with Gasteiger partial charge in [-0.3, -0.25) is 9.80 Å². The molecule has 2 aromatic carbocycles. The number of ether oxygens (including phenoxy) is 2. The molecule has 0 bridgehead atoms. The third-order valence-electron chi connectivity index (χ3n) is 7.18. The van der Waals surface area contributed by atoms with Gasteiger partial charge in [0.25, 0.3) is 0 Å². The summed E-state index contributed by atoms with van der Waals surface area (Å²) in [4.78, 5) is 28.7. The number of fused-ring (bicyclic) bond motifs is 2. The van der Waals surface area contributed by atoms with Crippen LogP contribution in [0.5, 0.6) is 0 Å². The van der Waals surface area contributed by atoms with Crippen LogP contribution in [0.1, 0.15) is 55.2 Å². The predicted molar refractivity (Wildman–Crippen MR) is 124 cm³/mol. The van der Waals surface area contributed by atoms with E-state index in [-0.39, 0.29) is 11.9 Å². The molecule has 3 aliphatic rings. The number of esters is 2. The topological polar surface area (TPSA) is 99.5 Å². The van der Waals surface area contributed by atoms with Gasteiger partial charge in [0.2, 0.25) is 0 Å². The Hall–Kier alpha value is -2.78. The Kier molecular flexibility index (Phi) is 6.16. The quantitative estimate of drug-likeness (QED) is 0.622. The highest BCUT2D eigenvalue weighted by atomic mass is 16.6. The molecule has 4 atom stereocenters. The van der Waals surface area contributed by atoms with Crippen molar-refractivity contribution < 1.29 is 29.3 Å². The van der Waals surface area contributed by atoms with Gasteiger partial charge < -0.3 is 19.7 Å². The smallest absolute Gasteiger partial charge is 0.339 e. The predicted octanol–water partition coefficient (Wildman–Crippen LogP) is 1.77. The van der Waals surface area contributed by atoms with Crippen molar-refractivity contribution in [3.8, 4) is 0 Å². The zero-order chi connectivity index (χ0) is 24.0. The molecule has 4 unspecified atom stereocenters. The molecule has 5 rings (SSSR count). The Morgan fingerprint density at radius 3 is 1.53 bits per heavy atom. The lowest BCUT2D eigenvalue weighted by Crippen LogP contribution is -2.51. The lowest BCUT2D eigenvalue weighted by atomic mass is 9.96. The van der Waals surface area contributed by atoms with Gasteiger partial charge in [0.1, 0.15) is 12.2 Å². The van der Waals surface area contributed by atoms with Gasteiger partial charge in [-0.2, -0.15) is 0 Å². The Bertz CT molecular complexity index is 1020. The van der Waals surface area contributed by atoms with Gasteiger partial charge in [0.15, 0.2) is 12.2 Å². The second-order valence-electron chi connectivity index (χ2n) is 9.46. The maximum absolute atomic E-state index is 12.2. The summed E-state index contributed by atoms with van der Waals surface area (Å²) in [7, 11) is 0. The third-order valence-corrected chi connectivity index (χ3v) is 7.18. The highest BCUT2D eigenvalue weighted by Gasteiger charge is 2.39. The van der Waals surface area contributed by atoms with Crippen LogP contribution in [0, 0.1) is 13.8 Å². The maximum atomic E-state index is 12.2. The monoisotopic (exact) mass is 466 g/mol. The minimum atomic E-state index is -0.819. The molecule has 8 heteroatoms. The van der Waals surface area contributed by atoms with Crippen molar-refractivity contribution in [1.29, 1.82) is 0 Å². The summed E-state index contributed by atoms with van der Waals surface area (Å²) in [6.07, 6.45) is -2.94. The van der Waals surface area contributed by atoms with Crippen molar-refractivity contribution in [3.63, 3.8) is 0 Å². The van der Waals surface area contributed by atoms with E-state index < -0.39 is 24.4 Å². The molecule has 1 fully saturated rings. The SMILES string of the molecule is Cc1cccc2c1C(C(O)CN1CCN(CC(O)C3OC(=O)c4cccc(C)c43)CC1)OC2=O. The number of hydrogen-bond donors (Lipinski definition) is 2. The molecule has 3 heterocycles. The molecule has 2 aromatic rings. The van der Waals surface area contributed by atoms with Crippen molar-refractivity contribution >= 4 is 11.9 Å². The molecule has 0 aromatic heterocycles. The molecule has 0 amide bonds. The Morgan fingerprint density at radius 1 is 0.765 bits per heavy atom. The van der Waals surface area contributed by atoms with Gasteiger partial charge >= 0.3 is 11.9 Å².